The molecule has 0 bridgehead atoms. The number of piperidine rings is 4. The fraction of sp³-hybridized carbons (Fsp3) is 0.390. The molecule has 0 radical (unpaired) electrons. The van der Waals surface area contributed by atoms with E-state index in [1.165, 1.54) is 31.1 Å². The third-order valence-electron chi connectivity index (χ3n) is 11.8. The molecule has 7 heterocycles. The number of carbonyl (C=O) groups excluding carboxylic acids is 2. The van der Waals surface area contributed by atoms with E-state index in [1.807, 2.05) is 6.07 Å². The first-order valence-corrected chi connectivity index (χ1v) is 19.7. The van der Waals surface area contributed by atoms with Gasteiger partial charge in [0.25, 0.3) is 0 Å². The average molecular weight is 818 g/mol. The lowest BCUT2D eigenvalue weighted by atomic mass is 9.78. The number of halogens is 5. The first-order valence-electron chi connectivity index (χ1n) is 19.3. The summed E-state index contributed by atoms with van der Waals surface area (Å²) in [5.41, 5.74) is 0.663. The van der Waals surface area contributed by atoms with Gasteiger partial charge in [0, 0.05) is 74.7 Å². The summed E-state index contributed by atoms with van der Waals surface area (Å²) < 4.78 is 59.8. The highest BCUT2D eigenvalue weighted by atomic mass is 35.5. The Morgan fingerprint density at radius 1 is 0.586 bits per heavy atom. The van der Waals surface area contributed by atoms with E-state index in [9.17, 15) is 27.2 Å². The molecule has 4 saturated heterocycles. The molecule has 12 nitrogen and oxygen atoms in total. The summed E-state index contributed by atoms with van der Waals surface area (Å²) in [6.45, 7) is 2.74. The molecule has 4 fully saturated rings. The third kappa shape index (κ3) is 7.81. The Balaban J connectivity index is 0.000000164. The Morgan fingerprint density at radius 2 is 1.09 bits per heavy atom. The topological polar surface area (TPSA) is 125 Å². The van der Waals surface area contributed by atoms with Crippen molar-refractivity contribution in [1.29, 1.82) is 0 Å². The molecule has 3 aromatic heterocycles. The zero-order valence-corrected chi connectivity index (χ0v) is 32.2. The van der Waals surface area contributed by atoms with E-state index >= 15 is 0 Å². The zero-order valence-electron chi connectivity index (χ0n) is 31.5. The molecule has 4 aliphatic heterocycles. The van der Waals surface area contributed by atoms with Crippen molar-refractivity contribution in [3.63, 3.8) is 0 Å². The second kappa shape index (κ2) is 16.3. The van der Waals surface area contributed by atoms with Gasteiger partial charge in [0.2, 0.25) is 17.7 Å². The van der Waals surface area contributed by atoms with Gasteiger partial charge >= 0.3 is 0 Å². The molecule has 58 heavy (non-hydrogen) atoms. The predicted molar refractivity (Wildman–Crippen MR) is 208 cm³/mol. The summed E-state index contributed by atoms with van der Waals surface area (Å²) in [6.07, 6.45) is 12.9. The molecule has 0 saturated carbocycles. The van der Waals surface area contributed by atoms with Crippen LogP contribution < -0.4 is 19.6 Å². The van der Waals surface area contributed by atoms with Gasteiger partial charge in [-0.1, -0.05) is 11.6 Å². The van der Waals surface area contributed by atoms with Crippen LogP contribution in [-0.2, 0) is 9.59 Å². The first kappa shape index (κ1) is 39.2. The number of amides is 2. The van der Waals surface area contributed by atoms with Gasteiger partial charge in [0.1, 0.15) is 41.4 Å². The van der Waals surface area contributed by atoms with Crippen LogP contribution >= 0.6 is 11.6 Å². The molecule has 9 rings (SSSR count). The van der Waals surface area contributed by atoms with Gasteiger partial charge in [-0.2, -0.15) is 0 Å². The normalized spacial score (nSPS) is 19.1. The van der Waals surface area contributed by atoms with Crippen molar-refractivity contribution < 1.29 is 31.6 Å². The summed E-state index contributed by atoms with van der Waals surface area (Å²) in [6, 6.07) is 10.9. The highest BCUT2D eigenvalue weighted by Crippen LogP contribution is 2.43. The number of hydrogen-bond donors (Lipinski definition) is 0. The number of benzene rings is 2. The largest absolute Gasteiger partial charge is 0.443 e. The second-order valence-electron chi connectivity index (χ2n) is 15.1. The van der Waals surface area contributed by atoms with Crippen LogP contribution in [-0.4, -0.2) is 74.0 Å². The highest BCUT2D eigenvalue weighted by Gasteiger charge is 2.47. The molecular formula is C41H40ClF4N9O3. The minimum absolute atomic E-state index is 0.0363. The molecule has 2 aromatic carbocycles. The van der Waals surface area contributed by atoms with Gasteiger partial charge in [-0.15, -0.1) is 0 Å². The summed E-state index contributed by atoms with van der Waals surface area (Å²) >= 11 is 5.96. The van der Waals surface area contributed by atoms with Crippen LogP contribution in [0.1, 0.15) is 64.2 Å². The van der Waals surface area contributed by atoms with Crippen molar-refractivity contribution in [1.82, 2.24) is 24.9 Å². The Labute approximate surface area is 336 Å². The van der Waals surface area contributed by atoms with Crippen molar-refractivity contribution in [3.05, 3.63) is 102 Å². The lowest BCUT2D eigenvalue weighted by molar-refractivity contribution is -0.122. The third-order valence-corrected chi connectivity index (χ3v) is 12.0. The average Bonchev–Trinajstić information content (AvgIpc) is 3.77. The van der Waals surface area contributed by atoms with Gasteiger partial charge < -0.3 is 24.0 Å². The molecule has 0 aliphatic carbocycles. The van der Waals surface area contributed by atoms with E-state index in [2.05, 4.69) is 34.7 Å². The van der Waals surface area contributed by atoms with E-state index in [0.29, 0.717) is 80.0 Å². The molecule has 302 valence electrons. The summed E-state index contributed by atoms with van der Waals surface area (Å²) in [5, 5.41) is 0.386. The summed E-state index contributed by atoms with van der Waals surface area (Å²) in [5.74, 6) is -1.83. The lowest BCUT2D eigenvalue weighted by Gasteiger charge is -2.51. The number of aromatic nitrogens is 5. The zero-order chi connectivity index (χ0) is 40.4. The van der Waals surface area contributed by atoms with Crippen LogP contribution in [0.5, 0.6) is 0 Å². The molecule has 2 amide bonds. The smallest absolute Gasteiger partial charge is 0.245 e. The predicted octanol–water partition coefficient (Wildman–Crippen LogP) is 7.93. The highest BCUT2D eigenvalue weighted by molar-refractivity contribution is 6.29. The van der Waals surface area contributed by atoms with Crippen LogP contribution in [0.4, 0.5) is 40.6 Å². The van der Waals surface area contributed by atoms with Crippen LogP contribution in [0.15, 0.2) is 78.1 Å². The maximum absolute atomic E-state index is 13.9. The van der Waals surface area contributed by atoms with Crippen molar-refractivity contribution >= 4 is 46.4 Å². The summed E-state index contributed by atoms with van der Waals surface area (Å²) in [4.78, 5) is 54.1. The minimum Gasteiger partial charge on any atom is -0.443 e. The number of carbonyl (C=O) groups is 2. The summed E-state index contributed by atoms with van der Waals surface area (Å²) in [7, 11) is 0. The first-order chi connectivity index (χ1) is 28.0. The molecular weight excluding hydrogens is 778 g/mol. The molecule has 0 unspecified atom stereocenters. The number of nitrogens with zero attached hydrogens (tertiary/aromatic N) is 9. The van der Waals surface area contributed by atoms with Crippen LogP contribution in [0.3, 0.4) is 0 Å². The van der Waals surface area contributed by atoms with E-state index in [1.54, 1.807) is 22.1 Å². The molecule has 2 spiro atoms. The molecule has 0 atom stereocenters. The Morgan fingerprint density at radius 3 is 1.55 bits per heavy atom. The lowest BCUT2D eigenvalue weighted by Crippen LogP contribution is -2.60. The van der Waals surface area contributed by atoms with E-state index < -0.39 is 28.8 Å². The maximum Gasteiger partial charge on any atom is 0.245 e. The standard InChI is InChI=1S/C22H21F2N5O2.C19H19ClF2N4O/c23-16-4-3-15(12-17(16)24)29-20(30)2-1-5-22(29)6-9-28(10-7-22)19-13-18(26-14-27-19)21-25-8-11-31-21;20-16-11-17(24-12-23-16)25-8-6-19(7-9-25)5-1-2-18(27)26(19)13-3-4-14(21)15(22)10-13/h3-4,8,11-14H,1-2,5-7,9-10H2;3-4,10-12H,1-2,5-9H2. The fourth-order valence-electron chi connectivity index (χ4n) is 8.93. The second-order valence-corrected chi connectivity index (χ2v) is 15.5. The monoisotopic (exact) mass is 817 g/mol. The molecule has 5 aromatic rings. The molecule has 0 N–H and O–H groups in total. The Kier molecular flexibility index (Phi) is 11.0. The number of rotatable bonds is 5. The molecule has 17 heteroatoms. The minimum atomic E-state index is -0.941. The van der Waals surface area contributed by atoms with E-state index in [-0.39, 0.29) is 17.4 Å². The van der Waals surface area contributed by atoms with Crippen LogP contribution in [0.25, 0.3) is 11.6 Å². The SMILES string of the molecule is O=C1CCCC2(CCN(c3cc(-c4ncco4)ncn3)CC2)N1c1ccc(F)c(F)c1.O=C1CCCC2(CCN(c3cc(Cl)ncn3)CC2)N1c1ccc(F)c(F)c1. The van der Waals surface area contributed by atoms with Gasteiger partial charge in [-0.3, -0.25) is 9.59 Å². The van der Waals surface area contributed by atoms with Crippen molar-refractivity contribution in [2.75, 3.05) is 45.8 Å². The van der Waals surface area contributed by atoms with Crippen molar-refractivity contribution in [2.24, 2.45) is 0 Å². The van der Waals surface area contributed by atoms with Crippen LogP contribution in [0.2, 0.25) is 5.15 Å². The number of oxazole rings is 1. The van der Waals surface area contributed by atoms with Crippen LogP contribution in [0, 0.1) is 23.3 Å². The Hall–Kier alpha value is -5.64. The van der Waals surface area contributed by atoms with Crippen molar-refractivity contribution in [2.45, 2.75) is 75.3 Å². The number of anilines is 4. The van der Waals surface area contributed by atoms with E-state index in [4.69, 9.17) is 16.0 Å². The van der Waals surface area contributed by atoms with Gasteiger partial charge in [-0.25, -0.2) is 42.5 Å². The van der Waals surface area contributed by atoms with Gasteiger partial charge in [-0.05, 0) is 75.6 Å². The van der Waals surface area contributed by atoms with Gasteiger partial charge in [0.15, 0.2) is 23.3 Å². The number of hydrogen-bond acceptors (Lipinski definition) is 10. The fourth-order valence-corrected chi connectivity index (χ4v) is 9.07. The van der Waals surface area contributed by atoms with Gasteiger partial charge in [0.05, 0.1) is 17.3 Å². The Bertz CT molecular complexity index is 2280. The van der Waals surface area contributed by atoms with E-state index in [0.717, 1.165) is 74.4 Å². The van der Waals surface area contributed by atoms with Crippen molar-refractivity contribution in [3.8, 4) is 11.6 Å². The quantitative estimate of drug-likeness (QED) is 0.128. The molecule has 4 aliphatic rings. The maximum atomic E-state index is 13.9.